The van der Waals surface area contributed by atoms with Gasteiger partial charge in [-0.1, -0.05) is 0 Å². The van der Waals surface area contributed by atoms with Gasteiger partial charge < -0.3 is 15.3 Å². The predicted molar refractivity (Wildman–Crippen MR) is 101 cm³/mol. The molecule has 1 atom stereocenters. The van der Waals surface area contributed by atoms with Gasteiger partial charge in [-0.2, -0.15) is 0 Å². The Bertz CT molecular complexity index is 915. The van der Waals surface area contributed by atoms with Gasteiger partial charge >= 0.3 is 0 Å². The van der Waals surface area contributed by atoms with Crippen molar-refractivity contribution in [1.82, 2.24) is 15.1 Å². The van der Waals surface area contributed by atoms with E-state index in [0.29, 0.717) is 23.1 Å². The molecule has 1 fully saturated rings. The molecule has 7 nitrogen and oxygen atoms in total. The molecule has 0 amide bonds. The number of aromatic hydroxyl groups is 1. The molecular weight excluding hydrogens is 352 g/mol. The number of likely N-dealkylation sites (tertiary alicyclic amines) is 1. The van der Waals surface area contributed by atoms with E-state index >= 15 is 0 Å². The highest BCUT2D eigenvalue weighted by atomic mass is 32.2. The lowest BCUT2D eigenvalue weighted by molar-refractivity contribution is 0.260. The number of aromatic nitrogens is 2. The van der Waals surface area contributed by atoms with E-state index < -0.39 is 9.84 Å². The fourth-order valence-electron chi connectivity index (χ4n) is 3.26. The summed E-state index contributed by atoms with van der Waals surface area (Å²) in [6.07, 6.45) is 3.36. The second kappa shape index (κ2) is 7.20. The molecule has 0 saturated carbocycles. The quantitative estimate of drug-likeness (QED) is 0.843. The summed E-state index contributed by atoms with van der Waals surface area (Å²) >= 11 is 0. The van der Waals surface area contributed by atoms with Crippen molar-refractivity contribution in [2.45, 2.75) is 30.7 Å². The molecular formula is C18H24N4O3S. The van der Waals surface area contributed by atoms with Gasteiger partial charge in [0.05, 0.1) is 10.6 Å². The number of phenolic OH excluding ortho intramolecular Hbond substituents is 1. The number of anilines is 1. The minimum Gasteiger partial charge on any atom is -0.507 e. The zero-order valence-electron chi connectivity index (χ0n) is 15.2. The minimum atomic E-state index is -3.37. The number of hydrogen-bond donors (Lipinski definition) is 2. The van der Waals surface area contributed by atoms with Gasteiger partial charge in [-0.25, -0.2) is 8.42 Å². The number of likely N-dealkylation sites (N-methyl/N-ethyl adjacent to an activating group) is 1. The van der Waals surface area contributed by atoms with Crippen LogP contribution in [0.3, 0.4) is 0 Å². The summed E-state index contributed by atoms with van der Waals surface area (Å²) in [7, 11) is -1.26. The third kappa shape index (κ3) is 4.13. The first-order valence-electron chi connectivity index (χ1n) is 8.57. The summed E-state index contributed by atoms with van der Waals surface area (Å²) in [5.74, 6) is 0.582. The van der Waals surface area contributed by atoms with Crippen LogP contribution >= 0.6 is 0 Å². The molecule has 1 aliphatic rings. The maximum absolute atomic E-state index is 11.6. The lowest BCUT2D eigenvalue weighted by Crippen LogP contribution is -2.39. The number of nitrogens with one attached hydrogen (secondary N) is 1. The van der Waals surface area contributed by atoms with Crippen molar-refractivity contribution < 1.29 is 13.5 Å². The van der Waals surface area contributed by atoms with Crippen LogP contribution in [0.15, 0.2) is 29.2 Å². The van der Waals surface area contributed by atoms with Gasteiger partial charge in [0.1, 0.15) is 11.6 Å². The standard InChI is InChI=1S/C18H24N4O3S/c1-12-9-17(19-13-5-4-8-22(2)11-13)20-21-18(12)15-7-6-14(10-16(15)23)26(3,24)25/h6-7,9-10,13,23H,4-5,8,11H2,1-3H3,(H,19,20). The Labute approximate surface area is 154 Å². The van der Waals surface area contributed by atoms with Crippen LogP contribution in [0.2, 0.25) is 0 Å². The van der Waals surface area contributed by atoms with Gasteiger partial charge in [-0.3, -0.25) is 0 Å². The molecule has 26 heavy (non-hydrogen) atoms. The van der Waals surface area contributed by atoms with E-state index in [9.17, 15) is 13.5 Å². The molecule has 8 heteroatoms. The molecule has 1 aromatic carbocycles. The van der Waals surface area contributed by atoms with E-state index in [-0.39, 0.29) is 10.6 Å². The molecule has 2 N–H and O–H groups in total. The Morgan fingerprint density at radius 1 is 1.27 bits per heavy atom. The van der Waals surface area contributed by atoms with Crippen molar-refractivity contribution >= 4 is 15.7 Å². The van der Waals surface area contributed by atoms with Crippen LogP contribution in [0.1, 0.15) is 18.4 Å². The second-order valence-electron chi connectivity index (χ2n) is 6.96. The summed E-state index contributed by atoms with van der Waals surface area (Å²) in [5.41, 5.74) is 1.86. The monoisotopic (exact) mass is 376 g/mol. The Morgan fingerprint density at radius 3 is 2.65 bits per heavy atom. The molecule has 0 radical (unpaired) electrons. The van der Waals surface area contributed by atoms with E-state index in [0.717, 1.165) is 37.8 Å². The molecule has 2 heterocycles. The largest absolute Gasteiger partial charge is 0.507 e. The van der Waals surface area contributed by atoms with Gasteiger partial charge in [-0.15, -0.1) is 10.2 Å². The van der Waals surface area contributed by atoms with Gasteiger partial charge in [-0.05, 0) is 63.2 Å². The first-order valence-corrected chi connectivity index (χ1v) is 10.5. The zero-order chi connectivity index (χ0) is 18.9. The average molecular weight is 376 g/mol. The zero-order valence-corrected chi connectivity index (χ0v) is 16.0. The normalized spacial score (nSPS) is 18.7. The number of hydrogen-bond acceptors (Lipinski definition) is 7. The molecule has 1 aliphatic heterocycles. The van der Waals surface area contributed by atoms with Gasteiger partial charge in [0.15, 0.2) is 9.84 Å². The summed E-state index contributed by atoms with van der Waals surface area (Å²) in [6.45, 7) is 3.98. The van der Waals surface area contributed by atoms with Crippen LogP contribution in [-0.4, -0.2) is 61.1 Å². The van der Waals surface area contributed by atoms with E-state index in [1.54, 1.807) is 6.07 Å². The number of aryl methyl sites for hydroxylation is 1. The molecule has 0 aliphatic carbocycles. The highest BCUT2D eigenvalue weighted by Gasteiger charge is 2.19. The number of sulfone groups is 1. The smallest absolute Gasteiger partial charge is 0.175 e. The summed E-state index contributed by atoms with van der Waals surface area (Å²) in [5, 5.41) is 22.1. The van der Waals surface area contributed by atoms with Crippen molar-refractivity contribution in [1.29, 1.82) is 0 Å². The van der Waals surface area contributed by atoms with Crippen molar-refractivity contribution in [3.05, 3.63) is 29.8 Å². The summed E-state index contributed by atoms with van der Waals surface area (Å²) < 4.78 is 23.2. The molecule has 1 saturated heterocycles. The number of rotatable bonds is 4. The van der Waals surface area contributed by atoms with E-state index in [2.05, 4.69) is 27.5 Å². The Kier molecular flexibility index (Phi) is 5.15. The number of piperidine rings is 1. The molecule has 3 rings (SSSR count). The van der Waals surface area contributed by atoms with Crippen LogP contribution in [-0.2, 0) is 9.84 Å². The maximum atomic E-state index is 11.6. The first kappa shape index (κ1) is 18.6. The topological polar surface area (TPSA) is 95.4 Å². The molecule has 140 valence electrons. The summed E-state index contributed by atoms with van der Waals surface area (Å²) in [4.78, 5) is 2.36. The predicted octanol–water partition coefficient (Wildman–Crippen LogP) is 2.07. The first-order chi connectivity index (χ1) is 12.2. The maximum Gasteiger partial charge on any atom is 0.175 e. The van der Waals surface area contributed by atoms with Crippen LogP contribution in [0.4, 0.5) is 5.82 Å². The third-order valence-corrected chi connectivity index (χ3v) is 5.72. The van der Waals surface area contributed by atoms with Crippen LogP contribution in [0.25, 0.3) is 11.3 Å². The molecule has 0 bridgehead atoms. The Balaban J connectivity index is 1.84. The lowest BCUT2D eigenvalue weighted by atomic mass is 10.1. The average Bonchev–Trinajstić information content (AvgIpc) is 2.55. The van der Waals surface area contributed by atoms with Crippen LogP contribution in [0, 0.1) is 6.92 Å². The van der Waals surface area contributed by atoms with Crippen LogP contribution < -0.4 is 5.32 Å². The fraction of sp³-hybridized carbons (Fsp3) is 0.444. The molecule has 2 aromatic rings. The van der Waals surface area contributed by atoms with Crippen LogP contribution in [0.5, 0.6) is 5.75 Å². The minimum absolute atomic E-state index is 0.0732. The molecule has 0 spiro atoms. The highest BCUT2D eigenvalue weighted by Crippen LogP contribution is 2.32. The fourth-order valence-corrected chi connectivity index (χ4v) is 3.90. The van der Waals surface area contributed by atoms with Crippen molar-refractivity contribution in [2.24, 2.45) is 0 Å². The van der Waals surface area contributed by atoms with E-state index in [1.807, 2.05) is 13.0 Å². The lowest BCUT2D eigenvalue weighted by Gasteiger charge is -2.30. The Morgan fingerprint density at radius 2 is 2.04 bits per heavy atom. The van der Waals surface area contributed by atoms with Crippen molar-refractivity contribution in [2.75, 3.05) is 31.7 Å². The summed E-state index contributed by atoms with van der Waals surface area (Å²) in [6, 6.07) is 6.52. The third-order valence-electron chi connectivity index (χ3n) is 4.61. The number of benzene rings is 1. The van der Waals surface area contributed by atoms with E-state index in [4.69, 9.17) is 0 Å². The number of phenols is 1. The van der Waals surface area contributed by atoms with Gasteiger partial charge in [0.25, 0.3) is 0 Å². The Hall–Kier alpha value is -2.19. The number of nitrogens with zero attached hydrogens (tertiary/aromatic N) is 3. The second-order valence-corrected chi connectivity index (χ2v) is 8.97. The highest BCUT2D eigenvalue weighted by molar-refractivity contribution is 7.90. The van der Waals surface area contributed by atoms with E-state index in [1.165, 1.54) is 12.1 Å². The SMILES string of the molecule is Cc1cc(NC2CCCN(C)C2)nnc1-c1ccc(S(C)(=O)=O)cc1O. The van der Waals surface area contributed by atoms with Crippen molar-refractivity contribution in [3.63, 3.8) is 0 Å². The van der Waals surface area contributed by atoms with Gasteiger partial charge in [0.2, 0.25) is 0 Å². The molecule has 1 unspecified atom stereocenters. The van der Waals surface area contributed by atoms with Crippen molar-refractivity contribution in [3.8, 4) is 17.0 Å². The molecule has 1 aromatic heterocycles. The van der Waals surface area contributed by atoms with Gasteiger partial charge in [0, 0.05) is 24.4 Å².